The van der Waals surface area contributed by atoms with Crippen molar-refractivity contribution in [3.8, 4) is 0 Å². The van der Waals surface area contributed by atoms with Gasteiger partial charge in [-0.2, -0.15) is 0 Å². The van der Waals surface area contributed by atoms with Crippen molar-refractivity contribution in [2.75, 3.05) is 29.5 Å². The molecule has 0 spiro atoms. The molecule has 0 bridgehead atoms. The molecule has 1 aliphatic rings. The Morgan fingerprint density at radius 1 is 1.53 bits per heavy atom. The van der Waals surface area contributed by atoms with Crippen molar-refractivity contribution in [3.63, 3.8) is 0 Å². The minimum Gasteiger partial charge on any atom is -0.466 e. The average Bonchev–Trinajstić information content (AvgIpc) is 2.69. The molecule has 0 saturated carbocycles. The van der Waals surface area contributed by atoms with Gasteiger partial charge in [-0.1, -0.05) is 0 Å². The van der Waals surface area contributed by atoms with Crippen molar-refractivity contribution in [1.82, 2.24) is 0 Å². The topological polar surface area (TPSA) is 93.4 Å². The lowest BCUT2D eigenvalue weighted by molar-refractivity contribution is -0.142. The third kappa shape index (κ3) is 3.15. The first kappa shape index (κ1) is 13.2. The summed E-state index contributed by atoms with van der Waals surface area (Å²) in [6.07, 6.45) is 0.638. The summed E-state index contributed by atoms with van der Waals surface area (Å²) in [5, 5.41) is 5.83. The fourth-order valence-corrected chi connectivity index (χ4v) is 1.98. The number of ether oxygens (including phenoxy) is 1. The van der Waals surface area contributed by atoms with Crippen LogP contribution in [0.5, 0.6) is 0 Å². The minimum absolute atomic E-state index is 0.0296. The van der Waals surface area contributed by atoms with E-state index >= 15 is 0 Å². The standard InChI is InChI=1S/C13H17N3O3/c1-2-19-13(18)3-4-15-11-7-10-8(5-9(11)14)6-12(17)16-10/h5,7,15H,2-4,6,14H2,1H3,(H,16,17). The van der Waals surface area contributed by atoms with Gasteiger partial charge in [0.05, 0.1) is 30.8 Å². The van der Waals surface area contributed by atoms with Gasteiger partial charge in [0.15, 0.2) is 0 Å². The second-order valence-corrected chi connectivity index (χ2v) is 4.30. The SMILES string of the molecule is CCOC(=O)CCNc1cc2c(cc1N)CC(=O)N2. The summed E-state index contributed by atoms with van der Waals surface area (Å²) < 4.78 is 4.83. The van der Waals surface area contributed by atoms with Gasteiger partial charge in [-0.05, 0) is 24.6 Å². The molecule has 0 fully saturated rings. The number of benzene rings is 1. The highest BCUT2D eigenvalue weighted by atomic mass is 16.5. The fraction of sp³-hybridized carbons (Fsp3) is 0.385. The van der Waals surface area contributed by atoms with Gasteiger partial charge in [0.1, 0.15) is 0 Å². The van der Waals surface area contributed by atoms with Crippen LogP contribution in [0.15, 0.2) is 12.1 Å². The average molecular weight is 263 g/mol. The van der Waals surface area contributed by atoms with Gasteiger partial charge in [-0.15, -0.1) is 0 Å². The Balaban J connectivity index is 1.96. The van der Waals surface area contributed by atoms with Gasteiger partial charge in [-0.3, -0.25) is 9.59 Å². The number of nitrogens with two attached hydrogens (primary N) is 1. The number of nitrogens with one attached hydrogen (secondary N) is 2. The molecule has 0 unspecified atom stereocenters. The molecule has 4 N–H and O–H groups in total. The van der Waals surface area contributed by atoms with Gasteiger partial charge >= 0.3 is 5.97 Å². The highest BCUT2D eigenvalue weighted by molar-refractivity contribution is 6.00. The Bertz CT molecular complexity index is 514. The van der Waals surface area contributed by atoms with Crippen molar-refractivity contribution >= 4 is 28.9 Å². The minimum atomic E-state index is -0.247. The molecule has 102 valence electrons. The molecule has 1 amide bonds. The molecule has 1 aromatic carbocycles. The molecule has 1 aliphatic heterocycles. The second-order valence-electron chi connectivity index (χ2n) is 4.30. The lowest BCUT2D eigenvalue weighted by atomic mass is 10.1. The van der Waals surface area contributed by atoms with Crippen molar-refractivity contribution in [3.05, 3.63) is 17.7 Å². The number of esters is 1. The Labute approximate surface area is 111 Å². The summed E-state index contributed by atoms with van der Waals surface area (Å²) in [6, 6.07) is 3.57. The van der Waals surface area contributed by atoms with Crippen molar-refractivity contribution in [1.29, 1.82) is 0 Å². The van der Waals surface area contributed by atoms with Crippen LogP contribution in [0.1, 0.15) is 18.9 Å². The van der Waals surface area contributed by atoms with Gasteiger partial charge < -0.3 is 21.1 Å². The van der Waals surface area contributed by atoms with E-state index in [9.17, 15) is 9.59 Å². The molecule has 19 heavy (non-hydrogen) atoms. The summed E-state index contributed by atoms with van der Waals surface area (Å²) in [5.41, 5.74) is 8.86. The number of fused-ring (bicyclic) bond motifs is 1. The predicted molar refractivity (Wildman–Crippen MR) is 72.9 cm³/mol. The lowest BCUT2D eigenvalue weighted by Crippen LogP contribution is -2.12. The van der Waals surface area contributed by atoms with E-state index in [0.717, 1.165) is 11.3 Å². The van der Waals surface area contributed by atoms with E-state index in [1.54, 1.807) is 19.1 Å². The van der Waals surface area contributed by atoms with Crippen LogP contribution in [0.25, 0.3) is 0 Å². The normalized spacial score (nSPS) is 12.8. The number of anilines is 3. The molecule has 0 aromatic heterocycles. The molecule has 0 radical (unpaired) electrons. The number of carbonyl (C=O) groups excluding carboxylic acids is 2. The smallest absolute Gasteiger partial charge is 0.307 e. The van der Waals surface area contributed by atoms with Crippen molar-refractivity contribution < 1.29 is 14.3 Å². The highest BCUT2D eigenvalue weighted by Gasteiger charge is 2.19. The van der Waals surface area contributed by atoms with Crippen LogP contribution in [0.4, 0.5) is 17.1 Å². The van der Waals surface area contributed by atoms with Crippen molar-refractivity contribution in [2.24, 2.45) is 0 Å². The van der Waals surface area contributed by atoms with E-state index in [0.29, 0.717) is 30.9 Å². The zero-order valence-corrected chi connectivity index (χ0v) is 10.8. The molecular weight excluding hydrogens is 246 g/mol. The van der Waals surface area contributed by atoms with E-state index in [2.05, 4.69) is 10.6 Å². The van der Waals surface area contributed by atoms with Gasteiger partial charge in [0.2, 0.25) is 5.91 Å². The highest BCUT2D eigenvalue weighted by Crippen LogP contribution is 2.31. The first-order valence-electron chi connectivity index (χ1n) is 6.22. The van der Waals surface area contributed by atoms with Crippen LogP contribution >= 0.6 is 0 Å². The third-order valence-electron chi connectivity index (χ3n) is 2.85. The number of nitrogen functional groups attached to an aromatic ring is 1. The zero-order valence-electron chi connectivity index (χ0n) is 10.8. The maximum absolute atomic E-state index is 11.3. The van der Waals surface area contributed by atoms with Crippen LogP contribution < -0.4 is 16.4 Å². The third-order valence-corrected chi connectivity index (χ3v) is 2.85. The predicted octanol–water partition coefficient (Wildman–Crippen LogP) is 1.13. The van der Waals surface area contributed by atoms with E-state index in [1.165, 1.54) is 0 Å². The fourth-order valence-electron chi connectivity index (χ4n) is 1.98. The van der Waals surface area contributed by atoms with Gasteiger partial charge in [0.25, 0.3) is 0 Å². The molecule has 0 saturated heterocycles. The summed E-state index contributed by atoms with van der Waals surface area (Å²) in [6.45, 7) is 2.59. The Kier molecular flexibility index (Phi) is 3.89. The molecule has 2 rings (SSSR count). The quantitative estimate of drug-likeness (QED) is 0.547. The molecule has 1 heterocycles. The molecular formula is C13H17N3O3. The molecule has 0 aliphatic carbocycles. The van der Waals surface area contributed by atoms with Crippen LogP contribution in [0.3, 0.4) is 0 Å². The van der Waals surface area contributed by atoms with E-state index in [4.69, 9.17) is 10.5 Å². The van der Waals surface area contributed by atoms with E-state index < -0.39 is 0 Å². The van der Waals surface area contributed by atoms with E-state index in [1.807, 2.05) is 0 Å². The molecule has 6 heteroatoms. The first-order chi connectivity index (χ1) is 9.10. The van der Waals surface area contributed by atoms with E-state index in [-0.39, 0.29) is 18.3 Å². The van der Waals surface area contributed by atoms with Gasteiger partial charge in [0, 0.05) is 12.2 Å². The van der Waals surface area contributed by atoms with Crippen molar-refractivity contribution in [2.45, 2.75) is 19.8 Å². The van der Waals surface area contributed by atoms with Crippen LogP contribution in [0, 0.1) is 0 Å². The molecule has 6 nitrogen and oxygen atoms in total. The Hall–Kier alpha value is -2.24. The lowest BCUT2D eigenvalue weighted by Gasteiger charge is -2.11. The Morgan fingerprint density at radius 2 is 2.32 bits per heavy atom. The zero-order chi connectivity index (χ0) is 13.8. The number of rotatable bonds is 5. The number of amides is 1. The maximum Gasteiger partial charge on any atom is 0.307 e. The summed E-state index contributed by atoms with van der Waals surface area (Å²) in [4.78, 5) is 22.5. The van der Waals surface area contributed by atoms with Gasteiger partial charge in [-0.25, -0.2) is 0 Å². The first-order valence-corrected chi connectivity index (χ1v) is 6.22. The monoisotopic (exact) mass is 263 g/mol. The second kappa shape index (κ2) is 5.60. The number of hydrogen-bond donors (Lipinski definition) is 3. The summed E-state index contributed by atoms with van der Waals surface area (Å²) in [5.74, 6) is -0.277. The summed E-state index contributed by atoms with van der Waals surface area (Å²) >= 11 is 0. The molecule has 1 aromatic rings. The number of carbonyl (C=O) groups is 2. The maximum atomic E-state index is 11.3. The van der Waals surface area contributed by atoms with Crippen LogP contribution in [-0.4, -0.2) is 25.0 Å². The largest absolute Gasteiger partial charge is 0.466 e. The Morgan fingerprint density at radius 3 is 3.05 bits per heavy atom. The molecule has 0 atom stereocenters. The summed E-state index contributed by atoms with van der Waals surface area (Å²) in [7, 11) is 0. The van der Waals surface area contributed by atoms with Crippen LogP contribution in [-0.2, 0) is 20.7 Å². The number of hydrogen-bond acceptors (Lipinski definition) is 5. The van der Waals surface area contributed by atoms with Crippen LogP contribution in [0.2, 0.25) is 0 Å².